The van der Waals surface area contributed by atoms with Gasteiger partial charge in [-0.2, -0.15) is 0 Å². The molecule has 0 saturated heterocycles. The maximum absolute atomic E-state index is 10.5. The maximum Gasteiger partial charge on any atom is 0.339 e. The van der Waals surface area contributed by atoms with Crippen molar-refractivity contribution >= 4 is 58.0 Å². The molecule has 0 atom stereocenters. The molecule has 2 aromatic carbocycles. The number of carbonyl (C=O) groups is 2. The standard InChI is InChI=1S/2C7H5IO3.Zn/c2*8-11-6-4-2-1-3-5(6)7(9)10;/h2*1-4H,(H,9,10);. The molecule has 9 heteroatoms. The van der Waals surface area contributed by atoms with Crippen LogP contribution in [-0.2, 0) is 19.5 Å². The quantitative estimate of drug-likeness (QED) is 0.408. The van der Waals surface area contributed by atoms with Gasteiger partial charge in [-0.15, -0.1) is 0 Å². The summed E-state index contributed by atoms with van der Waals surface area (Å²) in [5.74, 6) is -1.20. The van der Waals surface area contributed by atoms with Crippen LogP contribution in [0.25, 0.3) is 0 Å². The first kappa shape index (κ1) is 22.1. The Bertz CT molecular complexity index is 608. The van der Waals surface area contributed by atoms with E-state index in [9.17, 15) is 9.59 Å². The number of aromatic carboxylic acids is 2. The van der Waals surface area contributed by atoms with E-state index in [0.717, 1.165) is 0 Å². The molecule has 0 aliphatic heterocycles. The van der Waals surface area contributed by atoms with Gasteiger partial charge in [0.25, 0.3) is 0 Å². The van der Waals surface area contributed by atoms with E-state index in [-0.39, 0.29) is 30.6 Å². The van der Waals surface area contributed by atoms with Crippen LogP contribution in [0.4, 0.5) is 0 Å². The van der Waals surface area contributed by atoms with Gasteiger partial charge >= 0.3 is 11.9 Å². The van der Waals surface area contributed by atoms with Crippen LogP contribution in [0.2, 0.25) is 0 Å². The SMILES string of the molecule is O=C(O)c1ccccc1OI.O=C(O)c1ccccc1OI.[Zn]. The van der Waals surface area contributed by atoms with Gasteiger partial charge in [-0.25, -0.2) is 9.59 Å². The van der Waals surface area contributed by atoms with Gasteiger partial charge in [0, 0.05) is 19.5 Å². The number of para-hydroxylation sites is 2. The van der Waals surface area contributed by atoms with Crippen LogP contribution in [0, 0.1) is 0 Å². The first-order valence-electron chi connectivity index (χ1n) is 5.73. The summed E-state index contributed by atoms with van der Waals surface area (Å²) < 4.78 is 9.59. The fourth-order valence-corrected chi connectivity index (χ4v) is 2.19. The van der Waals surface area contributed by atoms with Crippen LogP contribution in [0.3, 0.4) is 0 Å². The van der Waals surface area contributed by atoms with Gasteiger partial charge in [0.1, 0.15) is 22.6 Å². The molecule has 0 unspecified atom stereocenters. The van der Waals surface area contributed by atoms with E-state index in [1.54, 1.807) is 82.4 Å². The Labute approximate surface area is 173 Å². The van der Waals surface area contributed by atoms with Crippen LogP contribution in [-0.4, -0.2) is 22.2 Å². The zero-order chi connectivity index (χ0) is 16.5. The van der Waals surface area contributed by atoms with Crippen LogP contribution in [0.1, 0.15) is 20.7 Å². The van der Waals surface area contributed by atoms with E-state index in [2.05, 4.69) is 0 Å². The number of benzene rings is 2. The predicted octanol–water partition coefficient (Wildman–Crippen LogP) is 4.22. The molecule has 2 N–H and O–H groups in total. The molecular weight excluding hydrogens is 583 g/mol. The molecule has 2 aromatic rings. The van der Waals surface area contributed by atoms with Gasteiger partial charge in [0.15, 0.2) is 46.0 Å². The first-order chi connectivity index (χ1) is 10.5. The average molecular weight is 593 g/mol. The van der Waals surface area contributed by atoms with Crippen molar-refractivity contribution in [1.82, 2.24) is 0 Å². The number of carboxylic acid groups (broad SMARTS) is 2. The second-order valence-electron chi connectivity index (χ2n) is 3.76. The second kappa shape index (κ2) is 11.6. The van der Waals surface area contributed by atoms with Crippen molar-refractivity contribution in [3.63, 3.8) is 0 Å². The molecule has 0 saturated carbocycles. The Hall–Kier alpha value is -0.937. The first-order valence-corrected chi connectivity index (χ1v) is 7.49. The van der Waals surface area contributed by atoms with Crippen LogP contribution < -0.4 is 6.13 Å². The summed E-state index contributed by atoms with van der Waals surface area (Å²) in [7, 11) is 0. The van der Waals surface area contributed by atoms with Gasteiger partial charge < -0.3 is 16.3 Å². The minimum absolute atomic E-state index is 0. The molecule has 0 fully saturated rings. The molecule has 0 heterocycles. The fourth-order valence-electron chi connectivity index (χ4n) is 1.42. The van der Waals surface area contributed by atoms with Gasteiger partial charge in [-0.3, -0.25) is 0 Å². The van der Waals surface area contributed by atoms with E-state index in [4.69, 9.17) is 16.3 Å². The minimum Gasteiger partial charge on any atom is -0.478 e. The molecule has 0 bridgehead atoms. The van der Waals surface area contributed by atoms with Crippen LogP contribution in [0.5, 0.6) is 11.5 Å². The molecule has 6 nitrogen and oxygen atoms in total. The Kier molecular flexibility index (Phi) is 11.1. The Morgan fingerprint density at radius 1 is 0.739 bits per heavy atom. The number of hydrogen-bond acceptors (Lipinski definition) is 4. The topological polar surface area (TPSA) is 93.1 Å². The van der Waals surface area contributed by atoms with Crippen molar-refractivity contribution in [3.8, 4) is 11.5 Å². The van der Waals surface area contributed by atoms with Crippen molar-refractivity contribution in [3.05, 3.63) is 59.7 Å². The Morgan fingerprint density at radius 2 is 1.04 bits per heavy atom. The Balaban J connectivity index is 0.000000403. The van der Waals surface area contributed by atoms with Crippen molar-refractivity contribution < 1.29 is 45.4 Å². The summed E-state index contributed by atoms with van der Waals surface area (Å²) in [6, 6.07) is 13.0. The summed E-state index contributed by atoms with van der Waals surface area (Å²) in [6.45, 7) is 0. The van der Waals surface area contributed by atoms with Crippen molar-refractivity contribution in [2.75, 3.05) is 0 Å². The summed E-state index contributed by atoms with van der Waals surface area (Å²) in [4.78, 5) is 21.0. The maximum atomic E-state index is 10.5. The number of halogens is 2. The third-order valence-corrected chi connectivity index (χ3v) is 3.35. The smallest absolute Gasteiger partial charge is 0.339 e. The van der Waals surface area contributed by atoms with Gasteiger partial charge in [0.05, 0.1) is 0 Å². The molecule has 0 aliphatic rings. The number of carboxylic acids is 2. The van der Waals surface area contributed by atoms with E-state index in [0.29, 0.717) is 11.5 Å². The molecule has 2 rings (SSSR count). The number of hydrogen-bond donors (Lipinski definition) is 2. The third kappa shape index (κ3) is 7.00. The van der Waals surface area contributed by atoms with Gasteiger partial charge in [-0.1, -0.05) is 24.3 Å². The third-order valence-electron chi connectivity index (χ3n) is 2.40. The van der Waals surface area contributed by atoms with E-state index in [1.807, 2.05) is 0 Å². The average Bonchev–Trinajstić information content (AvgIpc) is 2.55. The minimum atomic E-state index is -0.975. The van der Waals surface area contributed by atoms with E-state index >= 15 is 0 Å². The molecular formula is C14H10I2O6Zn. The molecule has 23 heavy (non-hydrogen) atoms. The summed E-state index contributed by atoms with van der Waals surface area (Å²) in [6.07, 6.45) is 0. The van der Waals surface area contributed by atoms with Crippen molar-refractivity contribution in [1.29, 1.82) is 0 Å². The molecule has 0 aromatic heterocycles. The zero-order valence-corrected chi connectivity index (χ0v) is 18.9. The predicted molar refractivity (Wildman–Crippen MR) is 96.1 cm³/mol. The zero-order valence-electron chi connectivity index (χ0n) is 11.6. The Morgan fingerprint density at radius 3 is 1.26 bits per heavy atom. The summed E-state index contributed by atoms with van der Waals surface area (Å²) >= 11 is 3.30. The van der Waals surface area contributed by atoms with Crippen LogP contribution in [0.15, 0.2) is 48.5 Å². The largest absolute Gasteiger partial charge is 0.478 e. The molecule has 0 aliphatic carbocycles. The van der Waals surface area contributed by atoms with Crippen molar-refractivity contribution in [2.45, 2.75) is 0 Å². The molecule has 0 amide bonds. The monoisotopic (exact) mass is 592 g/mol. The summed E-state index contributed by atoms with van der Waals surface area (Å²) in [5.41, 5.74) is 0.365. The van der Waals surface area contributed by atoms with E-state index in [1.165, 1.54) is 12.1 Å². The normalized spacial score (nSPS) is 8.78. The molecule has 118 valence electrons. The van der Waals surface area contributed by atoms with Gasteiger partial charge in [0.2, 0.25) is 0 Å². The summed E-state index contributed by atoms with van der Waals surface area (Å²) in [5, 5.41) is 17.2. The van der Waals surface area contributed by atoms with Crippen molar-refractivity contribution in [2.24, 2.45) is 0 Å². The van der Waals surface area contributed by atoms with Gasteiger partial charge in [-0.05, 0) is 24.3 Å². The number of rotatable bonds is 4. The fraction of sp³-hybridized carbons (Fsp3) is 0. The second-order valence-corrected chi connectivity index (χ2v) is 4.64. The van der Waals surface area contributed by atoms with E-state index < -0.39 is 11.9 Å². The van der Waals surface area contributed by atoms with Crippen LogP contribution >= 0.6 is 46.0 Å². The molecule has 0 radical (unpaired) electrons. The molecule has 0 spiro atoms.